The van der Waals surface area contributed by atoms with E-state index in [0.717, 1.165) is 0 Å². The molecule has 0 amide bonds. The molecule has 1 atom stereocenters. The second kappa shape index (κ2) is 4.33. The van der Waals surface area contributed by atoms with Gasteiger partial charge in [-0.05, 0) is 0 Å². The van der Waals surface area contributed by atoms with Crippen LogP contribution in [0.5, 0.6) is 0 Å². The van der Waals surface area contributed by atoms with Crippen LogP contribution in [-0.4, -0.2) is 27.2 Å². The number of hydrogen-bond acceptors (Lipinski definition) is 3. The normalized spacial score (nSPS) is 16.9. The molecule has 12 heavy (non-hydrogen) atoms. The fourth-order valence-electron chi connectivity index (χ4n) is 0.443. The molecule has 0 rings (SSSR count). The Bertz CT molecular complexity index is 242. The van der Waals surface area contributed by atoms with Gasteiger partial charge >= 0.3 is 15.2 Å². The standard InChI is InChI=1S/C4H10O6P2/c1-2-3-10-12(8,9)4-11(5,6)7/h2H,1,3-4H2,(H,8,9)(H2,5,6,7). The molecule has 3 N–H and O–H groups in total. The van der Waals surface area contributed by atoms with Crippen LogP contribution in [0.1, 0.15) is 0 Å². The van der Waals surface area contributed by atoms with Crippen molar-refractivity contribution in [3.05, 3.63) is 12.7 Å². The van der Waals surface area contributed by atoms with E-state index >= 15 is 0 Å². The maximum absolute atomic E-state index is 10.8. The molecule has 0 spiro atoms. The second-order valence-corrected chi connectivity index (χ2v) is 6.02. The van der Waals surface area contributed by atoms with Crippen LogP contribution in [0.25, 0.3) is 0 Å². The van der Waals surface area contributed by atoms with Crippen molar-refractivity contribution in [2.24, 2.45) is 0 Å². The molecule has 0 saturated heterocycles. The maximum atomic E-state index is 10.8. The molecule has 0 aromatic heterocycles. The molecular weight excluding hydrogens is 206 g/mol. The first-order valence-corrected chi connectivity index (χ1v) is 6.45. The molecule has 0 heterocycles. The van der Waals surface area contributed by atoms with E-state index < -0.39 is 21.1 Å². The quantitative estimate of drug-likeness (QED) is 0.456. The smallest absolute Gasteiger partial charge is 0.324 e. The molecule has 0 fully saturated rings. The lowest BCUT2D eigenvalue weighted by Gasteiger charge is -2.10. The summed E-state index contributed by atoms with van der Waals surface area (Å²) in [5.74, 6) is -1.16. The van der Waals surface area contributed by atoms with Crippen LogP contribution in [0.3, 0.4) is 0 Å². The molecule has 8 heteroatoms. The predicted molar refractivity (Wildman–Crippen MR) is 42.9 cm³/mol. The molecule has 0 aliphatic carbocycles. The van der Waals surface area contributed by atoms with Crippen molar-refractivity contribution in [2.45, 2.75) is 0 Å². The third kappa shape index (κ3) is 6.73. The molecule has 6 nitrogen and oxygen atoms in total. The van der Waals surface area contributed by atoms with Gasteiger partial charge in [-0.1, -0.05) is 6.08 Å². The van der Waals surface area contributed by atoms with E-state index in [2.05, 4.69) is 11.1 Å². The van der Waals surface area contributed by atoms with E-state index in [1.807, 2.05) is 0 Å². The van der Waals surface area contributed by atoms with E-state index in [4.69, 9.17) is 14.7 Å². The Morgan fingerprint density at radius 3 is 2.17 bits per heavy atom. The highest BCUT2D eigenvalue weighted by Crippen LogP contribution is 2.55. The lowest BCUT2D eigenvalue weighted by molar-refractivity contribution is 0.287. The average molecular weight is 216 g/mol. The molecule has 0 aromatic carbocycles. The predicted octanol–water partition coefficient (Wildman–Crippen LogP) is 0.510. The third-order valence-electron chi connectivity index (χ3n) is 0.757. The minimum Gasteiger partial charge on any atom is -0.324 e. The summed E-state index contributed by atoms with van der Waals surface area (Å²) in [6.45, 7) is 2.99. The molecule has 0 aromatic rings. The van der Waals surface area contributed by atoms with Crippen molar-refractivity contribution in [3.63, 3.8) is 0 Å². The van der Waals surface area contributed by atoms with Crippen LogP contribution < -0.4 is 0 Å². The van der Waals surface area contributed by atoms with Crippen LogP contribution in [-0.2, 0) is 13.7 Å². The van der Waals surface area contributed by atoms with Gasteiger partial charge in [0, 0.05) is 0 Å². The Labute approximate surface area is 69.6 Å². The molecular formula is C4H10O6P2. The highest BCUT2D eigenvalue weighted by Gasteiger charge is 2.30. The van der Waals surface area contributed by atoms with Crippen molar-refractivity contribution in [2.75, 3.05) is 12.5 Å². The van der Waals surface area contributed by atoms with Gasteiger partial charge in [-0.25, -0.2) is 0 Å². The Morgan fingerprint density at radius 2 is 1.83 bits per heavy atom. The van der Waals surface area contributed by atoms with Crippen LogP contribution in [0.15, 0.2) is 12.7 Å². The van der Waals surface area contributed by atoms with Gasteiger partial charge in [0.15, 0.2) is 5.90 Å². The molecule has 1 unspecified atom stereocenters. The first-order valence-electron chi connectivity index (χ1n) is 2.89. The number of hydrogen-bond donors (Lipinski definition) is 3. The van der Waals surface area contributed by atoms with Gasteiger partial charge in [0.05, 0.1) is 6.61 Å². The summed E-state index contributed by atoms with van der Waals surface area (Å²) in [4.78, 5) is 25.4. The highest BCUT2D eigenvalue weighted by atomic mass is 31.2. The average Bonchev–Trinajstić information content (AvgIpc) is 1.78. The molecule has 0 radical (unpaired) electrons. The summed E-state index contributed by atoms with van der Waals surface area (Å²) in [6, 6.07) is 0. The minimum atomic E-state index is -4.50. The topological polar surface area (TPSA) is 104 Å². The van der Waals surface area contributed by atoms with Crippen LogP contribution in [0.2, 0.25) is 0 Å². The van der Waals surface area contributed by atoms with Gasteiger partial charge in [-0.3, -0.25) is 9.13 Å². The fourth-order valence-corrected chi connectivity index (χ4v) is 2.97. The molecule has 0 aliphatic heterocycles. The lowest BCUT2D eigenvalue weighted by Crippen LogP contribution is -1.95. The van der Waals surface area contributed by atoms with Gasteiger partial charge in [-0.2, -0.15) is 0 Å². The van der Waals surface area contributed by atoms with Gasteiger partial charge in [-0.15, -0.1) is 6.58 Å². The second-order valence-electron chi connectivity index (χ2n) is 2.03. The first-order chi connectivity index (χ1) is 5.27. The van der Waals surface area contributed by atoms with E-state index in [-0.39, 0.29) is 6.61 Å². The molecule has 0 saturated carbocycles. The van der Waals surface area contributed by atoms with Crippen LogP contribution in [0, 0.1) is 0 Å². The zero-order valence-corrected chi connectivity index (χ0v) is 7.95. The van der Waals surface area contributed by atoms with Crippen molar-refractivity contribution in [1.29, 1.82) is 0 Å². The summed E-state index contributed by atoms with van der Waals surface area (Å²) in [5.41, 5.74) is 0. The maximum Gasteiger partial charge on any atom is 0.340 e. The Balaban J connectivity index is 4.14. The lowest BCUT2D eigenvalue weighted by atomic mass is 10.7. The van der Waals surface area contributed by atoms with Gasteiger partial charge < -0.3 is 19.2 Å². The summed E-state index contributed by atoms with van der Waals surface area (Å²) in [7, 11) is -8.66. The van der Waals surface area contributed by atoms with E-state index in [1.54, 1.807) is 0 Å². The molecule has 72 valence electrons. The first kappa shape index (κ1) is 12.0. The summed E-state index contributed by atoms with van der Waals surface area (Å²) >= 11 is 0. The van der Waals surface area contributed by atoms with Crippen LogP contribution >= 0.6 is 15.2 Å². The summed E-state index contributed by atoms with van der Waals surface area (Å²) in [6.07, 6.45) is 1.21. The van der Waals surface area contributed by atoms with Crippen molar-refractivity contribution in [3.8, 4) is 0 Å². The van der Waals surface area contributed by atoms with Crippen LogP contribution in [0.4, 0.5) is 0 Å². The zero-order valence-electron chi connectivity index (χ0n) is 6.16. The van der Waals surface area contributed by atoms with Crippen molar-refractivity contribution >= 4 is 15.2 Å². The molecule has 0 aliphatic rings. The monoisotopic (exact) mass is 216 g/mol. The largest absolute Gasteiger partial charge is 0.340 e. The zero-order chi connectivity index (χ0) is 9.83. The van der Waals surface area contributed by atoms with Gasteiger partial charge in [0.1, 0.15) is 0 Å². The van der Waals surface area contributed by atoms with E-state index in [1.165, 1.54) is 6.08 Å². The third-order valence-corrected chi connectivity index (χ3v) is 4.21. The van der Waals surface area contributed by atoms with Gasteiger partial charge in [0.25, 0.3) is 0 Å². The summed E-state index contributed by atoms with van der Waals surface area (Å²) < 4.78 is 25.3. The highest BCUT2D eigenvalue weighted by molar-refractivity contribution is 7.70. The fraction of sp³-hybridized carbons (Fsp3) is 0.500. The van der Waals surface area contributed by atoms with Crippen molar-refractivity contribution < 1.29 is 28.3 Å². The Kier molecular flexibility index (Phi) is 4.34. The Hall–Kier alpha value is 0.0400. The SMILES string of the molecule is C=CCOP(=O)(O)CP(=O)(O)O. The molecule has 0 bridgehead atoms. The Morgan fingerprint density at radius 1 is 1.33 bits per heavy atom. The van der Waals surface area contributed by atoms with Gasteiger partial charge in [0.2, 0.25) is 0 Å². The van der Waals surface area contributed by atoms with Crippen molar-refractivity contribution in [1.82, 2.24) is 0 Å². The van der Waals surface area contributed by atoms with E-state index in [9.17, 15) is 9.13 Å². The van der Waals surface area contributed by atoms with E-state index in [0.29, 0.717) is 0 Å². The minimum absolute atomic E-state index is 0.215. The number of rotatable bonds is 5. The summed E-state index contributed by atoms with van der Waals surface area (Å²) in [5, 5.41) is 0.